The van der Waals surface area contributed by atoms with Crippen LogP contribution in [-0.2, 0) is 16.4 Å². The van der Waals surface area contributed by atoms with Gasteiger partial charge in [-0.25, -0.2) is 8.42 Å². The Morgan fingerprint density at radius 1 is 1.13 bits per heavy atom. The topological polar surface area (TPSA) is 78.4 Å². The molecule has 0 heterocycles. The zero-order valence-corrected chi connectivity index (χ0v) is 13.7. The molecule has 5 nitrogen and oxygen atoms in total. The lowest BCUT2D eigenvalue weighted by Crippen LogP contribution is -2.15. The predicted octanol–water partition coefficient (Wildman–Crippen LogP) is 3.16. The van der Waals surface area contributed by atoms with Gasteiger partial charge < -0.3 is 0 Å². The van der Waals surface area contributed by atoms with Crippen LogP contribution in [0.2, 0.25) is 0 Å². The van der Waals surface area contributed by atoms with Crippen molar-refractivity contribution >= 4 is 15.7 Å². The second-order valence-corrected chi connectivity index (χ2v) is 7.04. The summed E-state index contributed by atoms with van der Waals surface area (Å²) in [4.78, 5) is 0.225. The second-order valence-electron chi connectivity index (χ2n) is 5.36. The molecule has 0 radical (unpaired) electrons. The third-order valence-corrected chi connectivity index (χ3v) is 4.94. The second kappa shape index (κ2) is 7.30. The molecule has 0 saturated heterocycles. The van der Waals surface area contributed by atoms with Crippen molar-refractivity contribution in [3.8, 4) is 0 Å². The monoisotopic (exact) mass is 332 g/mol. The molecule has 0 fully saturated rings. The van der Waals surface area contributed by atoms with Crippen LogP contribution in [0.1, 0.15) is 12.5 Å². The van der Waals surface area contributed by atoms with E-state index in [1.807, 2.05) is 19.1 Å². The van der Waals surface area contributed by atoms with Gasteiger partial charge in [0.1, 0.15) is 0 Å². The van der Waals surface area contributed by atoms with E-state index in [0.717, 1.165) is 5.56 Å². The summed E-state index contributed by atoms with van der Waals surface area (Å²) >= 11 is 0. The minimum atomic E-state index is -3.57. The molecule has 0 spiro atoms. The molecule has 0 aliphatic carbocycles. The first-order valence-electron chi connectivity index (χ1n) is 7.18. The Kier molecular flexibility index (Phi) is 5.41. The summed E-state index contributed by atoms with van der Waals surface area (Å²) in [6.45, 7) is 5.66. The van der Waals surface area contributed by atoms with Crippen LogP contribution in [0.4, 0.5) is 5.69 Å². The van der Waals surface area contributed by atoms with Gasteiger partial charge in [-0.1, -0.05) is 43.8 Å². The molecule has 0 aliphatic rings. The Hall–Kier alpha value is -2.31. The molecule has 0 saturated carbocycles. The number of hydrogen-bond acceptors (Lipinski definition) is 4. The summed E-state index contributed by atoms with van der Waals surface area (Å²) in [5.41, 5.74) is 4.13. The zero-order valence-electron chi connectivity index (χ0n) is 12.9. The van der Waals surface area contributed by atoms with E-state index < -0.39 is 10.0 Å². The number of hydroxylamine groups is 1. The average molecular weight is 332 g/mol. The van der Waals surface area contributed by atoms with Crippen LogP contribution in [0.3, 0.4) is 0 Å². The molecule has 2 rings (SSSR count). The molecule has 23 heavy (non-hydrogen) atoms. The molecule has 2 aromatic carbocycles. The molecule has 2 aromatic rings. The SMILES string of the molecule is C=C(NO)C(C)Cc1ccc(NS(=O)(=O)c2ccccc2)cc1. The molecule has 0 amide bonds. The van der Waals surface area contributed by atoms with Crippen LogP contribution in [0.15, 0.2) is 71.8 Å². The Balaban J connectivity index is 2.07. The first-order valence-corrected chi connectivity index (χ1v) is 8.66. The number of sulfonamides is 1. The maximum atomic E-state index is 12.2. The van der Waals surface area contributed by atoms with Gasteiger partial charge in [0.05, 0.1) is 4.90 Å². The minimum absolute atomic E-state index is 0.0619. The molecule has 0 aromatic heterocycles. The highest BCUT2D eigenvalue weighted by Gasteiger charge is 2.13. The van der Waals surface area contributed by atoms with E-state index in [1.165, 1.54) is 0 Å². The first-order chi connectivity index (χ1) is 10.9. The quantitative estimate of drug-likeness (QED) is 0.681. The molecular weight excluding hydrogens is 312 g/mol. The number of anilines is 1. The van der Waals surface area contributed by atoms with Gasteiger partial charge in [0.2, 0.25) is 0 Å². The Morgan fingerprint density at radius 3 is 2.30 bits per heavy atom. The number of hydrogen-bond donors (Lipinski definition) is 3. The molecule has 3 N–H and O–H groups in total. The average Bonchev–Trinajstić information content (AvgIpc) is 2.56. The van der Waals surface area contributed by atoms with Crippen LogP contribution in [0.25, 0.3) is 0 Å². The van der Waals surface area contributed by atoms with Crippen LogP contribution < -0.4 is 10.2 Å². The van der Waals surface area contributed by atoms with Crippen LogP contribution in [0.5, 0.6) is 0 Å². The largest absolute Gasteiger partial charge is 0.291 e. The van der Waals surface area contributed by atoms with Gasteiger partial charge in [0, 0.05) is 17.3 Å². The number of allylic oxidation sites excluding steroid dienone is 1. The van der Waals surface area contributed by atoms with Crippen molar-refractivity contribution in [1.82, 2.24) is 5.48 Å². The molecule has 1 atom stereocenters. The van der Waals surface area contributed by atoms with Crippen molar-refractivity contribution in [1.29, 1.82) is 0 Å². The summed E-state index contributed by atoms with van der Waals surface area (Å²) in [6.07, 6.45) is 0.693. The maximum absolute atomic E-state index is 12.2. The fourth-order valence-corrected chi connectivity index (χ4v) is 3.19. The van der Waals surface area contributed by atoms with Crippen molar-refractivity contribution in [3.05, 3.63) is 72.4 Å². The first kappa shape index (κ1) is 17.1. The van der Waals surface area contributed by atoms with Crippen molar-refractivity contribution in [2.75, 3.05) is 4.72 Å². The molecular formula is C17H20N2O3S. The van der Waals surface area contributed by atoms with E-state index in [2.05, 4.69) is 16.8 Å². The fourth-order valence-electron chi connectivity index (χ4n) is 2.11. The third kappa shape index (κ3) is 4.58. The number of nitrogens with one attached hydrogen (secondary N) is 2. The fraction of sp³-hybridized carbons (Fsp3) is 0.176. The van der Waals surface area contributed by atoms with E-state index >= 15 is 0 Å². The highest BCUT2D eigenvalue weighted by Crippen LogP contribution is 2.19. The minimum Gasteiger partial charge on any atom is -0.291 e. The maximum Gasteiger partial charge on any atom is 0.261 e. The van der Waals surface area contributed by atoms with Crippen LogP contribution >= 0.6 is 0 Å². The van der Waals surface area contributed by atoms with Gasteiger partial charge in [-0.05, 0) is 36.2 Å². The lowest BCUT2D eigenvalue weighted by atomic mass is 9.99. The van der Waals surface area contributed by atoms with Crippen LogP contribution in [-0.4, -0.2) is 13.6 Å². The molecule has 122 valence electrons. The van der Waals surface area contributed by atoms with E-state index in [4.69, 9.17) is 5.21 Å². The Morgan fingerprint density at radius 2 is 1.74 bits per heavy atom. The highest BCUT2D eigenvalue weighted by molar-refractivity contribution is 7.92. The summed E-state index contributed by atoms with van der Waals surface area (Å²) in [5.74, 6) is 0.0619. The van der Waals surface area contributed by atoms with Gasteiger partial charge >= 0.3 is 0 Å². The van der Waals surface area contributed by atoms with Gasteiger partial charge in [-0.15, -0.1) is 0 Å². The third-order valence-electron chi connectivity index (χ3n) is 3.54. The van der Waals surface area contributed by atoms with E-state index in [1.54, 1.807) is 42.5 Å². The van der Waals surface area contributed by atoms with Gasteiger partial charge in [0.15, 0.2) is 0 Å². The van der Waals surface area contributed by atoms with Gasteiger partial charge in [0.25, 0.3) is 10.0 Å². The summed E-state index contributed by atoms with van der Waals surface area (Å²) in [5, 5.41) is 8.84. The Labute approximate surface area is 136 Å². The molecule has 6 heteroatoms. The number of rotatable bonds is 7. The Bertz CT molecular complexity index is 756. The summed E-state index contributed by atoms with van der Waals surface area (Å²) in [6, 6.07) is 15.4. The lowest BCUT2D eigenvalue weighted by Gasteiger charge is -2.14. The van der Waals surface area contributed by atoms with Crippen molar-refractivity contribution in [3.63, 3.8) is 0 Å². The standard InChI is InChI=1S/C17H20N2O3S/c1-13(14(2)18-20)12-15-8-10-16(11-9-15)19-23(21,22)17-6-4-3-5-7-17/h3-11,13,18-20H,2,12H2,1H3. The van der Waals surface area contributed by atoms with Gasteiger partial charge in [-0.2, -0.15) is 0 Å². The lowest BCUT2D eigenvalue weighted by molar-refractivity contribution is 0.187. The molecule has 0 bridgehead atoms. The van der Waals surface area contributed by atoms with E-state index in [-0.39, 0.29) is 10.8 Å². The number of benzene rings is 2. The van der Waals surface area contributed by atoms with E-state index in [0.29, 0.717) is 17.8 Å². The highest BCUT2D eigenvalue weighted by atomic mass is 32.2. The smallest absolute Gasteiger partial charge is 0.261 e. The normalized spacial score (nSPS) is 12.4. The summed E-state index contributed by atoms with van der Waals surface area (Å²) < 4.78 is 27.0. The molecule has 0 aliphatic heterocycles. The van der Waals surface area contributed by atoms with E-state index in [9.17, 15) is 8.42 Å². The molecule has 1 unspecified atom stereocenters. The van der Waals surface area contributed by atoms with Crippen molar-refractivity contribution < 1.29 is 13.6 Å². The zero-order chi connectivity index (χ0) is 16.9. The van der Waals surface area contributed by atoms with Crippen molar-refractivity contribution in [2.24, 2.45) is 5.92 Å². The van der Waals surface area contributed by atoms with Gasteiger partial charge in [-0.3, -0.25) is 15.4 Å². The van der Waals surface area contributed by atoms with Crippen molar-refractivity contribution in [2.45, 2.75) is 18.2 Å². The summed E-state index contributed by atoms with van der Waals surface area (Å²) in [7, 11) is -3.57. The predicted molar refractivity (Wildman–Crippen MR) is 90.6 cm³/mol. The van der Waals surface area contributed by atoms with Crippen LogP contribution in [0, 0.1) is 5.92 Å².